The third-order valence-corrected chi connectivity index (χ3v) is 3.96. The standard InChI is InChI=1S/C16H19N5O2/c1-13(22)19-7-9-20(10-8-19)16(23)15-12-21(18-17-15)11-14-5-3-2-4-6-14/h2-6,12H,7-11H2,1H3. The number of aromatic nitrogens is 3. The summed E-state index contributed by atoms with van der Waals surface area (Å²) in [6, 6.07) is 9.90. The Balaban J connectivity index is 1.62. The van der Waals surface area contributed by atoms with E-state index in [1.54, 1.807) is 27.6 Å². The van der Waals surface area contributed by atoms with Crippen molar-refractivity contribution in [2.45, 2.75) is 13.5 Å². The van der Waals surface area contributed by atoms with Crippen LogP contribution in [0.15, 0.2) is 36.5 Å². The Hall–Kier alpha value is -2.70. The van der Waals surface area contributed by atoms with E-state index in [0.29, 0.717) is 38.4 Å². The van der Waals surface area contributed by atoms with Crippen LogP contribution in [0.1, 0.15) is 23.0 Å². The smallest absolute Gasteiger partial charge is 0.276 e. The second-order valence-corrected chi connectivity index (χ2v) is 5.59. The Morgan fingerprint density at radius 3 is 2.35 bits per heavy atom. The molecule has 0 saturated carbocycles. The fourth-order valence-corrected chi connectivity index (χ4v) is 2.63. The predicted molar refractivity (Wildman–Crippen MR) is 83.7 cm³/mol. The molecule has 1 saturated heterocycles. The Labute approximate surface area is 134 Å². The molecule has 0 bridgehead atoms. The molecular weight excluding hydrogens is 294 g/mol. The van der Waals surface area contributed by atoms with Crippen LogP contribution < -0.4 is 0 Å². The molecule has 1 aliphatic heterocycles. The van der Waals surface area contributed by atoms with Gasteiger partial charge in [0.15, 0.2) is 5.69 Å². The predicted octanol–water partition coefficient (Wildman–Crippen LogP) is 0.631. The number of carbonyl (C=O) groups excluding carboxylic acids is 2. The van der Waals surface area contributed by atoms with Crippen molar-refractivity contribution in [1.29, 1.82) is 0 Å². The van der Waals surface area contributed by atoms with Gasteiger partial charge in [-0.1, -0.05) is 35.5 Å². The minimum absolute atomic E-state index is 0.0471. The summed E-state index contributed by atoms with van der Waals surface area (Å²) in [7, 11) is 0. The topological polar surface area (TPSA) is 71.3 Å². The van der Waals surface area contributed by atoms with Gasteiger partial charge in [-0.25, -0.2) is 4.68 Å². The number of benzene rings is 1. The summed E-state index contributed by atoms with van der Waals surface area (Å²) < 4.78 is 1.66. The van der Waals surface area contributed by atoms with Crippen LogP contribution in [-0.2, 0) is 11.3 Å². The zero-order valence-electron chi connectivity index (χ0n) is 13.1. The summed E-state index contributed by atoms with van der Waals surface area (Å²) in [5, 5.41) is 8.01. The summed E-state index contributed by atoms with van der Waals surface area (Å²) in [6.45, 7) is 4.33. The van der Waals surface area contributed by atoms with Gasteiger partial charge in [0.25, 0.3) is 5.91 Å². The van der Waals surface area contributed by atoms with Crippen molar-refractivity contribution in [2.24, 2.45) is 0 Å². The van der Waals surface area contributed by atoms with E-state index in [1.165, 1.54) is 0 Å². The Kier molecular flexibility index (Phi) is 4.36. The third-order valence-electron chi connectivity index (χ3n) is 3.96. The van der Waals surface area contributed by atoms with Gasteiger partial charge in [0.2, 0.25) is 5.91 Å². The van der Waals surface area contributed by atoms with Gasteiger partial charge in [-0.15, -0.1) is 5.10 Å². The van der Waals surface area contributed by atoms with Crippen LogP contribution in [0.4, 0.5) is 0 Å². The van der Waals surface area contributed by atoms with Gasteiger partial charge in [0.05, 0.1) is 12.7 Å². The quantitative estimate of drug-likeness (QED) is 0.833. The highest BCUT2D eigenvalue weighted by Crippen LogP contribution is 2.08. The number of nitrogens with zero attached hydrogens (tertiary/aromatic N) is 5. The van der Waals surface area contributed by atoms with Crippen molar-refractivity contribution < 1.29 is 9.59 Å². The summed E-state index contributed by atoms with van der Waals surface area (Å²) in [6.07, 6.45) is 1.67. The van der Waals surface area contributed by atoms with Gasteiger partial charge in [-0.2, -0.15) is 0 Å². The normalized spacial score (nSPS) is 14.8. The molecule has 7 heteroatoms. The molecule has 3 rings (SSSR count). The molecule has 0 radical (unpaired) electrons. The molecule has 0 spiro atoms. The van der Waals surface area contributed by atoms with Crippen LogP contribution in [-0.4, -0.2) is 62.8 Å². The number of carbonyl (C=O) groups is 2. The van der Waals surface area contributed by atoms with Crippen molar-refractivity contribution in [3.05, 3.63) is 47.8 Å². The van der Waals surface area contributed by atoms with E-state index in [9.17, 15) is 9.59 Å². The summed E-state index contributed by atoms with van der Waals surface area (Å²) >= 11 is 0. The summed E-state index contributed by atoms with van der Waals surface area (Å²) in [5.41, 5.74) is 1.45. The van der Waals surface area contributed by atoms with Crippen LogP contribution in [0.5, 0.6) is 0 Å². The molecule has 7 nitrogen and oxygen atoms in total. The van der Waals surface area contributed by atoms with Crippen LogP contribution in [0.25, 0.3) is 0 Å². The van der Waals surface area contributed by atoms with Crippen molar-refractivity contribution in [2.75, 3.05) is 26.2 Å². The van der Waals surface area contributed by atoms with Crippen molar-refractivity contribution in [3.63, 3.8) is 0 Å². The van der Waals surface area contributed by atoms with Crippen molar-refractivity contribution in [3.8, 4) is 0 Å². The maximum atomic E-state index is 12.4. The third kappa shape index (κ3) is 3.56. The van der Waals surface area contributed by atoms with Gasteiger partial charge in [0.1, 0.15) is 0 Å². The lowest BCUT2D eigenvalue weighted by Gasteiger charge is -2.33. The lowest BCUT2D eigenvalue weighted by atomic mass is 10.2. The lowest BCUT2D eigenvalue weighted by Crippen LogP contribution is -2.50. The van der Waals surface area contributed by atoms with Crippen molar-refractivity contribution >= 4 is 11.8 Å². The minimum Gasteiger partial charge on any atom is -0.339 e. The first-order valence-corrected chi connectivity index (χ1v) is 7.62. The van der Waals surface area contributed by atoms with Gasteiger partial charge in [-0.05, 0) is 5.56 Å². The molecule has 1 aromatic carbocycles. The highest BCUT2D eigenvalue weighted by Gasteiger charge is 2.24. The van der Waals surface area contributed by atoms with Gasteiger partial charge in [0, 0.05) is 33.1 Å². The van der Waals surface area contributed by atoms with Gasteiger partial charge in [-0.3, -0.25) is 9.59 Å². The maximum Gasteiger partial charge on any atom is 0.276 e. The Bertz CT molecular complexity index is 690. The number of rotatable bonds is 3. The summed E-state index contributed by atoms with van der Waals surface area (Å²) in [4.78, 5) is 27.2. The van der Waals surface area contributed by atoms with E-state index in [-0.39, 0.29) is 11.8 Å². The number of hydrogen-bond acceptors (Lipinski definition) is 4. The van der Waals surface area contributed by atoms with E-state index in [0.717, 1.165) is 5.56 Å². The van der Waals surface area contributed by atoms with Gasteiger partial charge < -0.3 is 9.80 Å². The highest BCUT2D eigenvalue weighted by atomic mass is 16.2. The zero-order chi connectivity index (χ0) is 16.2. The van der Waals surface area contributed by atoms with E-state index >= 15 is 0 Å². The second-order valence-electron chi connectivity index (χ2n) is 5.59. The highest BCUT2D eigenvalue weighted by molar-refractivity contribution is 5.92. The molecule has 0 N–H and O–H groups in total. The molecule has 0 aliphatic carbocycles. The molecule has 23 heavy (non-hydrogen) atoms. The molecular formula is C16H19N5O2. The first-order valence-electron chi connectivity index (χ1n) is 7.62. The van der Waals surface area contributed by atoms with E-state index in [2.05, 4.69) is 10.3 Å². The van der Waals surface area contributed by atoms with E-state index in [4.69, 9.17) is 0 Å². The number of piperazine rings is 1. The largest absolute Gasteiger partial charge is 0.339 e. The van der Waals surface area contributed by atoms with Crippen molar-refractivity contribution in [1.82, 2.24) is 24.8 Å². The molecule has 2 heterocycles. The molecule has 2 aromatic rings. The van der Waals surface area contributed by atoms with E-state index in [1.807, 2.05) is 30.3 Å². The minimum atomic E-state index is -0.132. The number of hydrogen-bond donors (Lipinski definition) is 0. The molecule has 1 aliphatic rings. The lowest BCUT2D eigenvalue weighted by molar-refractivity contribution is -0.130. The molecule has 1 fully saturated rings. The van der Waals surface area contributed by atoms with Crippen LogP contribution in [0.3, 0.4) is 0 Å². The molecule has 120 valence electrons. The SMILES string of the molecule is CC(=O)N1CCN(C(=O)c2cn(Cc3ccccc3)nn2)CC1. The van der Waals surface area contributed by atoms with E-state index < -0.39 is 0 Å². The van der Waals surface area contributed by atoms with Crippen LogP contribution in [0, 0.1) is 0 Å². The monoisotopic (exact) mass is 313 g/mol. The molecule has 2 amide bonds. The average Bonchev–Trinajstić information content (AvgIpc) is 3.03. The second kappa shape index (κ2) is 6.60. The molecule has 0 atom stereocenters. The van der Waals surface area contributed by atoms with Gasteiger partial charge >= 0.3 is 0 Å². The maximum absolute atomic E-state index is 12.4. The molecule has 0 unspecified atom stereocenters. The fraction of sp³-hybridized carbons (Fsp3) is 0.375. The fourth-order valence-electron chi connectivity index (χ4n) is 2.63. The zero-order valence-corrected chi connectivity index (χ0v) is 13.1. The average molecular weight is 313 g/mol. The Morgan fingerprint density at radius 2 is 1.70 bits per heavy atom. The first kappa shape index (κ1) is 15.2. The first-order chi connectivity index (χ1) is 11.1. The van der Waals surface area contributed by atoms with Crippen LogP contribution >= 0.6 is 0 Å². The number of amides is 2. The summed E-state index contributed by atoms with van der Waals surface area (Å²) in [5.74, 6) is -0.0848. The molecule has 1 aromatic heterocycles. The van der Waals surface area contributed by atoms with Crippen LogP contribution in [0.2, 0.25) is 0 Å². The Morgan fingerprint density at radius 1 is 1.04 bits per heavy atom.